The highest BCUT2D eigenvalue weighted by molar-refractivity contribution is 7.15. The van der Waals surface area contributed by atoms with E-state index in [1.807, 2.05) is 11.3 Å². The average molecular weight is 279 g/mol. The molecular formula is C15H25N3S. The predicted molar refractivity (Wildman–Crippen MR) is 82.1 cm³/mol. The van der Waals surface area contributed by atoms with E-state index in [4.69, 9.17) is 4.98 Å². The van der Waals surface area contributed by atoms with Crippen LogP contribution in [0.3, 0.4) is 0 Å². The second-order valence-corrected chi connectivity index (χ2v) is 7.36. The van der Waals surface area contributed by atoms with Crippen molar-refractivity contribution in [2.45, 2.75) is 52.0 Å². The summed E-state index contributed by atoms with van der Waals surface area (Å²) in [6.45, 7) is 9.04. The molecule has 0 amide bonds. The van der Waals surface area contributed by atoms with E-state index in [0.29, 0.717) is 0 Å². The van der Waals surface area contributed by atoms with Gasteiger partial charge in [-0.15, -0.1) is 11.3 Å². The number of hydrogen-bond acceptors (Lipinski definition) is 4. The van der Waals surface area contributed by atoms with Crippen LogP contribution in [-0.4, -0.2) is 24.6 Å². The summed E-state index contributed by atoms with van der Waals surface area (Å²) in [5.41, 5.74) is 1.41. The van der Waals surface area contributed by atoms with Crippen LogP contribution in [0, 0.1) is 5.92 Å². The quantitative estimate of drug-likeness (QED) is 0.865. The Morgan fingerprint density at radius 2 is 2.05 bits per heavy atom. The molecule has 2 fully saturated rings. The second-order valence-electron chi connectivity index (χ2n) is 6.30. The molecule has 1 saturated carbocycles. The number of hydrogen-bond donors (Lipinski definition) is 1. The van der Waals surface area contributed by atoms with Gasteiger partial charge in [0.15, 0.2) is 5.13 Å². The molecule has 0 unspecified atom stereocenters. The van der Waals surface area contributed by atoms with E-state index in [0.717, 1.165) is 24.9 Å². The number of rotatable bonds is 6. The third-order valence-corrected chi connectivity index (χ3v) is 5.03. The molecule has 0 aromatic carbocycles. The summed E-state index contributed by atoms with van der Waals surface area (Å²) in [5, 5.41) is 4.86. The van der Waals surface area contributed by atoms with Crippen LogP contribution in [0.15, 0.2) is 0 Å². The number of thiazole rings is 1. The van der Waals surface area contributed by atoms with Crippen LogP contribution in [-0.2, 0) is 6.54 Å². The number of anilines is 1. The van der Waals surface area contributed by atoms with Crippen molar-refractivity contribution in [3.63, 3.8) is 0 Å². The monoisotopic (exact) mass is 279 g/mol. The molecule has 1 aliphatic heterocycles. The minimum absolute atomic E-state index is 0.718. The maximum Gasteiger partial charge on any atom is 0.185 e. The highest BCUT2D eigenvalue weighted by Crippen LogP contribution is 2.44. The highest BCUT2D eigenvalue weighted by Gasteiger charge is 2.30. The molecule has 106 valence electrons. The third kappa shape index (κ3) is 3.29. The first-order valence-electron chi connectivity index (χ1n) is 7.69. The molecular weight excluding hydrogens is 254 g/mol. The van der Waals surface area contributed by atoms with Gasteiger partial charge in [-0.1, -0.05) is 13.8 Å². The van der Waals surface area contributed by atoms with E-state index >= 15 is 0 Å². The van der Waals surface area contributed by atoms with Crippen LogP contribution < -0.4 is 10.2 Å². The summed E-state index contributed by atoms with van der Waals surface area (Å²) in [4.78, 5) is 8.92. The first-order valence-corrected chi connectivity index (χ1v) is 8.51. The van der Waals surface area contributed by atoms with Crippen molar-refractivity contribution in [2.24, 2.45) is 5.92 Å². The molecule has 1 aliphatic carbocycles. The molecule has 1 aromatic heterocycles. The van der Waals surface area contributed by atoms with Crippen LogP contribution >= 0.6 is 11.3 Å². The molecule has 3 nitrogen and oxygen atoms in total. The van der Waals surface area contributed by atoms with Gasteiger partial charge in [0.25, 0.3) is 0 Å². The molecule has 4 heteroatoms. The van der Waals surface area contributed by atoms with Crippen molar-refractivity contribution in [1.82, 2.24) is 10.3 Å². The van der Waals surface area contributed by atoms with Gasteiger partial charge >= 0.3 is 0 Å². The summed E-state index contributed by atoms with van der Waals surface area (Å²) >= 11 is 1.93. The molecule has 0 radical (unpaired) electrons. The lowest BCUT2D eigenvalue weighted by Gasteiger charge is -2.12. The summed E-state index contributed by atoms with van der Waals surface area (Å²) in [6, 6.07) is 0. The first-order chi connectivity index (χ1) is 9.24. The molecule has 1 aromatic rings. The summed E-state index contributed by atoms with van der Waals surface area (Å²) in [7, 11) is 0. The highest BCUT2D eigenvalue weighted by atomic mass is 32.1. The standard InChI is InChI=1S/C15H25N3S/c1-11(2)9-16-10-13-14(12-5-6-12)17-15(19-13)18-7-3-4-8-18/h11-12,16H,3-10H2,1-2H3. The van der Waals surface area contributed by atoms with Gasteiger partial charge in [-0.3, -0.25) is 0 Å². The zero-order valence-corrected chi connectivity index (χ0v) is 12.9. The largest absolute Gasteiger partial charge is 0.348 e. The second kappa shape index (κ2) is 5.80. The van der Waals surface area contributed by atoms with Crippen molar-refractivity contribution in [1.29, 1.82) is 0 Å². The van der Waals surface area contributed by atoms with Crippen molar-refractivity contribution < 1.29 is 0 Å². The van der Waals surface area contributed by atoms with Crippen LogP contribution in [0.5, 0.6) is 0 Å². The molecule has 0 bridgehead atoms. The first kappa shape index (κ1) is 13.4. The minimum Gasteiger partial charge on any atom is -0.348 e. The zero-order chi connectivity index (χ0) is 13.2. The minimum atomic E-state index is 0.718. The van der Waals surface area contributed by atoms with E-state index in [2.05, 4.69) is 24.1 Å². The van der Waals surface area contributed by atoms with Crippen molar-refractivity contribution >= 4 is 16.5 Å². The number of nitrogens with zero attached hydrogens (tertiary/aromatic N) is 2. The molecule has 2 aliphatic rings. The molecule has 1 saturated heterocycles. The Kier molecular flexibility index (Phi) is 4.08. The van der Waals surface area contributed by atoms with Gasteiger partial charge in [-0.2, -0.15) is 0 Å². The topological polar surface area (TPSA) is 28.2 Å². The molecule has 2 heterocycles. The molecule has 0 spiro atoms. The molecule has 19 heavy (non-hydrogen) atoms. The van der Waals surface area contributed by atoms with Gasteiger partial charge in [-0.05, 0) is 38.1 Å². The maximum atomic E-state index is 4.96. The Balaban J connectivity index is 1.69. The lowest BCUT2D eigenvalue weighted by molar-refractivity contribution is 0.553. The Hall–Kier alpha value is -0.610. The van der Waals surface area contributed by atoms with E-state index < -0.39 is 0 Å². The fourth-order valence-electron chi connectivity index (χ4n) is 2.67. The van der Waals surface area contributed by atoms with Crippen LogP contribution in [0.1, 0.15) is 56.0 Å². The lowest BCUT2D eigenvalue weighted by atomic mass is 10.2. The van der Waals surface area contributed by atoms with Crippen LogP contribution in [0.4, 0.5) is 5.13 Å². The lowest BCUT2D eigenvalue weighted by Crippen LogP contribution is -2.19. The number of aromatic nitrogens is 1. The molecule has 1 N–H and O–H groups in total. The van der Waals surface area contributed by atoms with Gasteiger partial charge in [0.05, 0.1) is 5.69 Å². The molecule has 0 atom stereocenters. The van der Waals surface area contributed by atoms with Crippen molar-refractivity contribution in [2.75, 3.05) is 24.5 Å². The molecule has 3 rings (SSSR count). The Morgan fingerprint density at radius 3 is 2.68 bits per heavy atom. The van der Waals surface area contributed by atoms with Gasteiger partial charge in [0.2, 0.25) is 0 Å². The summed E-state index contributed by atoms with van der Waals surface area (Å²) in [6.07, 6.45) is 5.36. The van der Waals surface area contributed by atoms with E-state index in [9.17, 15) is 0 Å². The SMILES string of the molecule is CC(C)CNCc1sc(N2CCCC2)nc1C1CC1. The average Bonchev–Trinajstić information content (AvgIpc) is 2.91. The third-order valence-electron chi connectivity index (χ3n) is 3.90. The predicted octanol–water partition coefficient (Wildman–Crippen LogP) is 3.37. The van der Waals surface area contributed by atoms with Gasteiger partial charge in [0, 0.05) is 30.4 Å². The fourth-order valence-corrected chi connectivity index (χ4v) is 3.84. The summed E-state index contributed by atoms with van der Waals surface area (Å²) < 4.78 is 0. The van der Waals surface area contributed by atoms with Crippen molar-refractivity contribution in [3.05, 3.63) is 10.6 Å². The van der Waals surface area contributed by atoms with E-state index in [1.165, 1.54) is 54.5 Å². The smallest absolute Gasteiger partial charge is 0.185 e. The van der Waals surface area contributed by atoms with Crippen LogP contribution in [0.25, 0.3) is 0 Å². The van der Waals surface area contributed by atoms with E-state index in [-0.39, 0.29) is 0 Å². The van der Waals surface area contributed by atoms with Gasteiger partial charge in [-0.25, -0.2) is 4.98 Å². The number of nitrogens with one attached hydrogen (secondary N) is 1. The Morgan fingerprint density at radius 1 is 1.32 bits per heavy atom. The maximum absolute atomic E-state index is 4.96. The zero-order valence-electron chi connectivity index (χ0n) is 12.1. The Bertz CT molecular complexity index is 417. The Labute approximate surface area is 120 Å². The van der Waals surface area contributed by atoms with Gasteiger partial charge < -0.3 is 10.2 Å². The van der Waals surface area contributed by atoms with E-state index in [1.54, 1.807) is 0 Å². The fraction of sp³-hybridized carbons (Fsp3) is 0.800. The summed E-state index contributed by atoms with van der Waals surface area (Å²) in [5.74, 6) is 1.49. The van der Waals surface area contributed by atoms with Gasteiger partial charge in [0.1, 0.15) is 0 Å². The van der Waals surface area contributed by atoms with Crippen molar-refractivity contribution in [3.8, 4) is 0 Å². The van der Waals surface area contributed by atoms with Crippen LogP contribution in [0.2, 0.25) is 0 Å². The normalized spacial score (nSPS) is 19.6.